The first-order chi connectivity index (χ1) is 15.6. The highest BCUT2D eigenvalue weighted by atomic mass is 32.2. The first-order valence-electron chi connectivity index (χ1n) is 9.93. The molecule has 0 radical (unpaired) electrons. The number of rotatable bonds is 8. The average Bonchev–Trinajstić information content (AvgIpc) is 3.28. The van der Waals surface area contributed by atoms with Crippen LogP contribution in [-0.4, -0.2) is 54.0 Å². The molecule has 0 unspecified atom stereocenters. The van der Waals surface area contributed by atoms with Crippen LogP contribution in [0.4, 0.5) is 5.82 Å². The third-order valence-electron chi connectivity index (χ3n) is 4.32. The van der Waals surface area contributed by atoms with Gasteiger partial charge in [-0.15, -0.1) is 0 Å². The minimum atomic E-state index is -4.07. The molecule has 0 aliphatic carbocycles. The molecular formula is C20H22N4O7S2. The topological polar surface area (TPSA) is 150 Å². The van der Waals surface area contributed by atoms with E-state index in [1.165, 1.54) is 6.07 Å². The number of aromatic nitrogens is 2. The molecule has 2 amide bonds. The third kappa shape index (κ3) is 6.14. The fourth-order valence-electron chi connectivity index (χ4n) is 2.99. The number of fused-ring (bicyclic) bond motifs is 1. The van der Waals surface area contributed by atoms with Crippen molar-refractivity contribution >= 4 is 55.0 Å². The Morgan fingerprint density at radius 2 is 1.97 bits per heavy atom. The molecule has 3 aromatic rings. The van der Waals surface area contributed by atoms with Gasteiger partial charge in [0.25, 0.3) is 5.91 Å². The summed E-state index contributed by atoms with van der Waals surface area (Å²) in [6.45, 7) is 5.89. The normalized spacial score (nSPS) is 12.2. The maximum absolute atomic E-state index is 12.4. The van der Waals surface area contributed by atoms with Crippen molar-refractivity contribution in [2.24, 2.45) is 4.99 Å². The van der Waals surface area contributed by atoms with Gasteiger partial charge in [0.15, 0.2) is 20.5 Å². The van der Waals surface area contributed by atoms with Gasteiger partial charge in [-0.25, -0.2) is 13.2 Å². The van der Waals surface area contributed by atoms with Crippen molar-refractivity contribution < 1.29 is 32.1 Å². The Morgan fingerprint density at radius 1 is 1.21 bits per heavy atom. The maximum atomic E-state index is 12.4. The molecule has 11 nitrogen and oxygen atoms in total. The second-order valence-corrected chi connectivity index (χ2v) is 10.0. The van der Waals surface area contributed by atoms with Gasteiger partial charge in [-0.05, 0) is 39.0 Å². The van der Waals surface area contributed by atoms with Gasteiger partial charge in [0, 0.05) is 12.6 Å². The monoisotopic (exact) mass is 494 g/mol. The molecule has 0 saturated heterocycles. The summed E-state index contributed by atoms with van der Waals surface area (Å²) in [6, 6.07) is 6.41. The molecule has 0 spiro atoms. The Bertz CT molecular complexity index is 1380. The number of thiazole rings is 1. The van der Waals surface area contributed by atoms with Crippen LogP contribution in [0.15, 0.2) is 33.8 Å². The molecule has 1 aromatic carbocycles. The summed E-state index contributed by atoms with van der Waals surface area (Å²) >= 11 is 1.15. The molecule has 2 aromatic heterocycles. The lowest BCUT2D eigenvalue weighted by molar-refractivity contribution is -0.115. The number of nitrogens with zero attached hydrogens (tertiary/aromatic N) is 3. The highest BCUT2D eigenvalue weighted by molar-refractivity contribution is 7.92. The average molecular weight is 495 g/mol. The van der Waals surface area contributed by atoms with Gasteiger partial charge in [0.05, 0.1) is 22.4 Å². The van der Waals surface area contributed by atoms with Crippen molar-refractivity contribution in [3.05, 3.63) is 40.4 Å². The number of ether oxygens (including phenoxy) is 1. The number of carbonyl (C=O) groups is 3. The Hall–Kier alpha value is -3.32. The molecule has 13 heteroatoms. The van der Waals surface area contributed by atoms with E-state index in [0.717, 1.165) is 16.9 Å². The molecule has 1 N–H and O–H groups in total. The second kappa shape index (κ2) is 10.1. The van der Waals surface area contributed by atoms with Crippen molar-refractivity contribution in [3.63, 3.8) is 0 Å². The van der Waals surface area contributed by atoms with E-state index in [1.54, 1.807) is 36.6 Å². The third-order valence-corrected chi connectivity index (χ3v) is 6.75. The fraction of sp³-hybridized carbons (Fsp3) is 0.350. The van der Waals surface area contributed by atoms with Crippen LogP contribution in [0.2, 0.25) is 0 Å². The molecule has 0 atom stereocenters. The molecule has 0 bridgehead atoms. The molecule has 176 valence electrons. The van der Waals surface area contributed by atoms with Crippen LogP contribution in [0.5, 0.6) is 0 Å². The molecule has 0 aliphatic rings. The van der Waals surface area contributed by atoms with Gasteiger partial charge in [-0.3, -0.25) is 9.59 Å². The second-order valence-electron chi connectivity index (χ2n) is 6.94. The van der Waals surface area contributed by atoms with E-state index < -0.39 is 39.1 Å². The van der Waals surface area contributed by atoms with Crippen molar-refractivity contribution in [2.75, 3.05) is 23.4 Å². The van der Waals surface area contributed by atoms with Gasteiger partial charge >= 0.3 is 5.97 Å². The van der Waals surface area contributed by atoms with Gasteiger partial charge in [-0.1, -0.05) is 16.5 Å². The smallest absolute Gasteiger partial charge is 0.338 e. The highest BCUT2D eigenvalue weighted by Crippen LogP contribution is 2.20. The SMILES string of the molecule is CCOC(=O)c1ccc2c(c1)sc(=NC(=O)CS(=O)(=O)CC(=O)Nc1cc(C)on1)n2CC. The zero-order valence-electron chi connectivity index (χ0n) is 18.2. The lowest BCUT2D eigenvalue weighted by Gasteiger charge is -2.03. The number of benzene rings is 1. The summed E-state index contributed by atoms with van der Waals surface area (Å²) in [5, 5.41) is 5.85. The quantitative estimate of drug-likeness (QED) is 0.465. The molecule has 0 saturated carbocycles. The van der Waals surface area contributed by atoms with E-state index in [9.17, 15) is 22.8 Å². The fourth-order valence-corrected chi connectivity index (χ4v) is 5.15. The van der Waals surface area contributed by atoms with Gasteiger partial charge < -0.3 is 19.1 Å². The first-order valence-corrected chi connectivity index (χ1v) is 12.6. The van der Waals surface area contributed by atoms with E-state index in [1.807, 2.05) is 6.92 Å². The van der Waals surface area contributed by atoms with Crippen LogP contribution in [0.25, 0.3) is 10.2 Å². The summed E-state index contributed by atoms with van der Waals surface area (Å²) in [7, 11) is -4.07. The number of carbonyl (C=O) groups excluding carboxylic acids is 3. The van der Waals surface area contributed by atoms with Crippen LogP contribution in [0.3, 0.4) is 0 Å². The van der Waals surface area contributed by atoms with Crippen LogP contribution in [0, 0.1) is 6.92 Å². The highest BCUT2D eigenvalue weighted by Gasteiger charge is 2.22. The zero-order valence-corrected chi connectivity index (χ0v) is 19.8. The van der Waals surface area contributed by atoms with Gasteiger partial charge in [0.2, 0.25) is 5.91 Å². The van der Waals surface area contributed by atoms with E-state index in [0.29, 0.717) is 22.6 Å². The van der Waals surface area contributed by atoms with Crippen LogP contribution in [0.1, 0.15) is 30.0 Å². The van der Waals surface area contributed by atoms with Gasteiger partial charge in [-0.2, -0.15) is 4.99 Å². The minimum absolute atomic E-state index is 0.0835. The largest absolute Gasteiger partial charge is 0.462 e. The first kappa shape index (κ1) is 24.3. The number of amides is 2. The lowest BCUT2D eigenvalue weighted by Crippen LogP contribution is -2.28. The van der Waals surface area contributed by atoms with E-state index in [2.05, 4.69) is 15.5 Å². The van der Waals surface area contributed by atoms with Crippen molar-refractivity contribution in [2.45, 2.75) is 27.3 Å². The molecular weight excluding hydrogens is 472 g/mol. The number of aryl methyl sites for hydroxylation is 2. The summed E-state index contributed by atoms with van der Waals surface area (Å²) in [6.07, 6.45) is 0. The van der Waals surface area contributed by atoms with Crippen LogP contribution < -0.4 is 10.1 Å². The lowest BCUT2D eigenvalue weighted by atomic mass is 10.2. The Kier molecular flexibility index (Phi) is 7.43. The Labute approximate surface area is 193 Å². The van der Waals surface area contributed by atoms with Crippen LogP contribution >= 0.6 is 11.3 Å². The number of esters is 1. The summed E-state index contributed by atoms with van der Waals surface area (Å²) < 4.78 is 36.8. The maximum Gasteiger partial charge on any atom is 0.338 e. The number of hydrogen-bond donors (Lipinski definition) is 1. The minimum Gasteiger partial charge on any atom is -0.462 e. The van der Waals surface area contributed by atoms with Crippen molar-refractivity contribution in [1.82, 2.24) is 9.72 Å². The number of hydrogen-bond acceptors (Lipinski definition) is 9. The summed E-state index contributed by atoms with van der Waals surface area (Å²) in [5.41, 5.74) is 1.11. The summed E-state index contributed by atoms with van der Waals surface area (Å²) in [4.78, 5) is 40.6. The van der Waals surface area contributed by atoms with E-state index >= 15 is 0 Å². The molecule has 0 aliphatic heterocycles. The Balaban J connectivity index is 1.78. The van der Waals surface area contributed by atoms with E-state index in [-0.39, 0.29) is 17.2 Å². The van der Waals surface area contributed by atoms with Crippen molar-refractivity contribution in [1.29, 1.82) is 0 Å². The number of nitrogens with one attached hydrogen (secondary N) is 1. The van der Waals surface area contributed by atoms with Crippen molar-refractivity contribution in [3.8, 4) is 0 Å². The molecule has 0 fully saturated rings. The predicted molar refractivity (Wildman–Crippen MR) is 121 cm³/mol. The van der Waals surface area contributed by atoms with Gasteiger partial charge in [0.1, 0.15) is 17.3 Å². The number of sulfone groups is 1. The predicted octanol–water partition coefficient (Wildman–Crippen LogP) is 1.68. The molecule has 3 rings (SSSR count). The number of anilines is 1. The molecule has 33 heavy (non-hydrogen) atoms. The zero-order chi connectivity index (χ0) is 24.2. The van der Waals surface area contributed by atoms with E-state index in [4.69, 9.17) is 9.26 Å². The standard InChI is InChI=1S/C20H22N4O7S2/c1-4-24-14-7-6-13(19(27)30-5-2)9-15(14)32-20(24)22-18(26)11-33(28,29)10-17(25)21-16-8-12(3)31-23-16/h6-9H,4-5,10-11H2,1-3H3,(H,21,23,25). The summed E-state index contributed by atoms with van der Waals surface area (Å²) in [5.74, 6) is -3.50. The van der Waals surface area contributed by atoms with Crippen LogP contribution in [-0.2, 0) is 30.7 Å². The molecule has 2 heterocycles. The Morgan fingerprint density at radius 3 is 2.61 bits per heavy atom.